The smallest absolute Gasteiger partial charge is 0.225 e. The summed E-state index contributed by atoms with van der Waals surface area (Å²) in [7, 11) is 1.67. The van der Waals surface area contributed by atoms with E-state index in [1.807, 2.05) is 35.2 Å². The van der Waals surface area contributed by atoms with Crippen LogP contribution >= 0.6 is 0 Å². The van der Waals surface area contributed by atoms with Crippen molar-refractivity contribution in [2.75, 3.05) is 20.2 Å². The molecule has 1 aromatic rings. The molecule has 1 aromatic carbocycles. The Balaban J connectivity index is 1.95. The zero-order valence-electron chi connectivity index (χ0n) is 11.0. The Morgan fingerprint density at radius 1 is 1.22 bits per heavy atom. The van der Waals surface area contributed by atoms with Crippen molar-refractivity contribution in [3.63, 3.8) is 0 Å². The van der Waals surface area contributed by atoms with Crippen molar-refractivity contribution in [1.29, 1.82) is 0 Å². The maximum atomic E-state index is 12.2. The summed E-state index contributed by atoms with van der Waals surface area (Å²) in [6.45, 7) is 1.81. The third kappa shape index (κ3) is 3.33. The molecule has 0 N–H and O–H groups in total. The summed E-state index contributed by atoms with van der Waals surface area (Å²) in [6, 6.07) is 9.96. The van der Waals surface area contributed by atoms with Gasteiger partial charge in [0.05, 0.1) is 12.5 Å². The standard InChI is InChI=1S/C15H21NO2/c1-18-14(13-8-4-2-5-9-13)12-15(17)16-10-6-3-7-11-16/h2,4-5,8-9,14H,3,6-7,10-12H2,1H3. The molecule has 0 bridgehead atoms. The molecular formula is C15H21NO2. The lowest BCUT2D eigenvalue weighted by Gasteiger charge is -2.28. The van der Waals surface area contributed by atoms with E-state index >= 15 is 0 Å². The second-order valence-electron chi connectivity index (χ2n) is 4.78. The number of benzene rings is 1. The molecule has 1 amide bonds. The molecule has 1 atom stereocenters. The van der Waals surface area contributed by atoms with Crippen LogP contribution in [0.15, 0.2) is 30.3 Å². The molecule has 0 radical (unpaired) electrons. The first kappa shape index (κ1) is 13.1. The van der Waals surface area contributed by atoms with Gasteiger partial charge in [0, 0.05) is 20.2 Å². The van der Waals surface area contributed by atoms with E-state index in [4.69, 9.17) is 4.74 Å². The molecule has 98 valence electrons. The first-order valence-corrected chi connectivity index (χ1v) is 6.67. The van der Waals surface area contributed by atoms with E-state index in [1.54, 1.807) is 7.11 Å². The molecule has 1 aliphatic heterocycles. The van der Waals surface area contributed by atoms with Crippen LogP contribution in [0.25, 0.3) is 0 Å². The van der Waals surface area contributed by atoms with Crippen LogP contribution < -0.4 is 0 Å². The van der Waals surface area contributed by atoms with Crippen molar-refractivity contribution in [3.05, 3.63) is 35.9 Å². The second kappa shape index (κ2) is 6.55. The molecule has 0 spiro atoms. The van der Waals surface area contributed by atoms with Crippen LogP contribution in [0.2, 0.25) is 0 Å². The number of hydrogen-bond donors (Lipinski definition) is 0. The molecule has 1 heterocycles. The highest BCUT2D eigenvalue weighted by Gasteiger charge is 2.21. The average molecular weight is 247 g/mol. The van der Waals surface area contributed by atoms with Crippen LogP contribution in [-0.4, -0.2) is 31.0 Å². The van der Waals surface area contributed by atoms with Crippen LogP contribution in [0, 0.1) is 0 Å². The van der Waals surface area contributed by atoms with Crippen molar-refractivity contribution in [2.45, 2.75) is 31.8 Å². The Morgan fingerprint density at radius 3 is 2.50 bits per heavy atom. The summed E-state index contributed by atoms with van der Waals surface area (Å²) in [5.41, 5.74) is 1.07. The fourth-order valence-corrected chi connectivity index (χ4v) is 2.44. The highest BCUT2D eigenvalue weighted by atomic mass is 16.5. The molecule has 18 heavy (non-hydrogen) atoms. The molecule has 0 aliphatic carbocycles. The monoisotopic (exact) mass is 247 g/mol. The van der Waals surface area contributed by atoms with Crippen LogP contribution in [0.1, 0.15) is 37.4 Å². The van der Waals surface area contributed by atoms with E-state index in [1.165, 1.54) is 6.42 Å². The van der Waals surface area contributed by atoms with Gasteiger partial charge in [-0.2, -0.15) is 0 Å². The van der Waals surface area contributed by atoms with E-state index in [2.05, 4.69) is 0 Å². The predicted octanol–water partition coefficient (Wildman–Crippen LogP) is 2.78. The number of carbonyl (C=O) groups excluding carboxylic acids is 1. The van der Waals surface area contributed by atoms with E-state index in [0.717, 1.165) is 31.5 Å². The van der Waals surface area contributed by atoms with Gasteiger partial charge in [0.15, 0.2) is 0 Å². The lowest BCUT2D eigenvalue weighted by molar-refractivity contribution is -0.134. The minimum Gasteiger partial charge on any atom is -0.376 e. The summed E-state index contributed by atoms with van der Waals surface area (Å²) in [6.07, 6.45) is 3.83. The number of methoxy groups -OCH3 is 1. The van der Waals surface area contributed by atoms with Crippen molar-refractivity contribution >= 4 is 5.91 Å². The fourth-order valence-electron chi connectivity index (χ4n) is 2.44. The summed E-state index contributed by atoms with van der Waals surface area (Å²) >= 11 is 0. The Hall–Kier alpha value is -1.35. The number of ether oxygens (including phenoxy) is 1. The Bertz CT molecular complexity index is 371. The SMILES string of the molecule is COC(CC(=O)N1CCCCC1)c1ccccc1. The van der Waals surface area contributed by atoms with Gasteiger partial charge in [0.2, 0.25) is 5.91 Å². The molecular weight excluding hydrogens is 226 g/mol. The van der Waals surface area contributed by atoms with Gasteiger partial charge in [0.1, 0.15) is 0 Å². The van der Waals surface area contributed by atoms with E-state index in [-0.39, 0.29) is 12.0 Å². The molecule has 3 heteroatoms. The van der Waals surface area contributed by atoms with E-state index < -0.39 is 0 Å². The van der Waals surface area contributed by atoms with Crippen molar-refractivity contribution in [1.82, 2.24) is 4.90 Å². The normalized spacial score (nSPS) is 17.5. The minimum absolute atomic E-state index is 0.124. The van der Waals surface area contributed by atoms with Gasteiger partial charge in [-0.15, -0.1) is 0 Å². The van der Waals surface area contributed by atoms with Crippen molar-refractivity contribution in [2.24, 2.45) is 0 Å². The minimum atomic E-state index is -0.124. The van der Waals surface area contributed by atoms with Gasteiger partial charge >= 0.3 is 0 Å². The third-order valence-corrected chi connectivity index (χ3v) is 3.52. The Kier molecular flexibility index (Phi) is 4.76. The summed E-state index contributed by atoms with van der Waals surface area (Å²) in [5.74, 6) is 0.213. The molecule has 1 unspecified atom stereocenters. The van der Waals surface area contributed by atoms with Crippen LogP contribution in [-0.2, 0) is 9.53 Å². The van der Waals surface area contributed by atoms with Gasteiger partial charge in [-0.25, -0.2) is 0 Å². The molecule has 1 saturated heterocycles. The first-order chi connectivity index (χ1) is 8.81. The third-order valence-electron chi connectivity index (χ3n) is 3.52. The molecule has 1 aliphatic rings. The number of rotatable bonds is 4. The highest BCUT2D eigenvalue weighted by molar-refractivity contribution is 5.77. The van der Waals surface area contributed by atoms with Gasteiger partial charge < -0.3 is 9.64 Å². The molecule has 1 fully saturated rings. The van der Waals surface area contributed by atoms with Crippen molar-refractivity contribution in [3.8, 4) is 0 Å². The van der Waals surface area contributed by atoms with Gasteiger partial charge in [-0.1, -0.05) is 30.3 Å². The van der Waals surface area contributed by atoms with Crippen LogP contribution in [0.4, 0.5) is 0 Å². The maximum Gasteiger partial charge on any atom is 0.225 e. The van der Waals surface area contributed by atoms with Crippen LogP contribution in [0.3, 0.4) is 0 Å². The largest absolute Gasteiger partial charge is 0.376 e. The van der Waals surface area contributed by atoms with Gasteiger partial charge in [0.25, 0.3) is 0 Å². The zero-order chi connectivity index (χ0) is 12.8. The number of nitrogens with zero attached hydrogens (tertiary/aromatic N) is 1. The molecule has 0 saturated carbocycles. The Morgan fingerprint density at radius 2 is 1.89 bits per heavy atom. The number of amides is 1. The Labute approximate surface area is 109 Å². The van der Waals surface area contributed by atoms with Crippen molar-refractivity contribution < 1.29 is 9.53 Å². The highest BCUT2D eigenvalue weighted by Crippen LogP contribution is 2.22. The number of hydrogen-bond acceptors (Lipinski definition) is 2. The topological polar surface area (TPSA) is 29.5 Å². The lowest BCUT2D eigenvalue weighted by Crippen LogP contribution is -2.36. The summed E-state index contributed by atoms with van der Waals surface area (Å²) < 4.78 is 5.45. The van der Waals surface area contributed by atoms with Gasteiger partial charge in [-0.05, 0) is 24.8 Å². The zero-order valence-corrected chi connectivity index (χ0v) is 11.0. The predicted molar refractivity (Wildman–Crippen MR) is 71.2 cm³/mol. The quantitative estimate of drug-likeness (QED) is 0.818. The molecule has 3 nitrogen and oxygen atoms in total. The first-order valence-electron chi connectivity index (χ1n) is 6.67. The lowest BCUT2D eigenvalue weighted by atomic mass is 10.0. The van der Waals surface area contributed by atoms with E-state index in [0.29, 0.717) is 6.42 Å². The van der Waals surface area contributed by atoms with Crippen LogP contribution in [0.5, 0.6) is 0 Å². The fraction of sp³-hybridized carbons (Fsp3) is 0.533. The maximum absolute atomic E-state index is 12.2. The van der Waals surface area contributed by atoms with E-state index in [9.17, 15) is 4.79 Å². The molecule has 2 rings (SSSR count). The summed E-state index contributed by atoms with van der Waals surface area (Å²) in [5, 5.41) is 0. The molecule has 0 aromatic heterocycles. The van der Waals surface area contributed by atoms with Gasteiger partial charge in [-0.3, -0.25) is 4.79 Å². The number of likely N-dealkylation sites (tertiary alicyclic amines) is 1. The average Bonchev–Trinajstić information content (AvgIpc) is 2.46. The number of piperidine rings is 1. The number of carbonyl (C=O) groups is 1. The summed E-state index contributed by atoms with van der Waals surface area (Å²) in [4.78, 5) is 14.2. The second-order valence-corrected chi connectivity index (χ2v) is 4.78.